The molecule has 0 fully saturated rings. The monoisotopic (exact) mass is 524 g/mol. The number of hydrogen-bond donors (Lipinski definition) is 1. The van der Waals surface area contributed by atoms with Crippen molar-refractivity contribution in [3.8, 4) is 0 Å². The molecule has 0 amide bonds. The van der Waals surface area contributed by atoms with Crippen LogP contribution in [0.3, 0.4) is 0 Å². The Labute approximate surface area is 206 Å². The van der Waals surface area contributed by atoms with Crippen LogP contribution in [0.25, 0.3) is 0 Å². The van der Waals surface area contributed by atoms with Gasteiger partial charge >= 0.3 is 29.5 Å². The topological polar surface area (TPSA) is 119 Å². The summed E-state index contributed by atoms with van der Waals surface area (Å²) in [5, 5.41) is 9.21. The minimum atomic E-state index is -2.88. The van der Waals surface area contributed by atoms with Crippen LogP contribution < -0.4 is 0 Å². The zero-order valence-corrected chi connectivity index (χ0v) is 23.7. The molecule has 0 aromatic rings. The van der Waals surface area contributed by atoms with E-state index in [0.717, 1.165) is 6.08 Å². The molecule has 34 heavy (non-hydrogen) atoms. The van der Waals surface area contributed by atoms with Crippen LogP contribution in [0.2, 0.25) is 12.1 Å². The predicted molar refractivity (Wildman–Crippen MR) is 131 cm³/mol. The molecule has 0 aliphatic carbocycles. The van der Waals surface area contributed by atoms with Gasteiger partial charge in [0.1, 0.15) is 0 Å². The van der Waals surface area contributed by atoms with E-state index in [1.807, 2.05) is 41.5 Å². The predicted octanol–water partition coefficient (Wildman–Crippen LogP) is 3.81. The first-order valence-electron chi connectivity index (χ1n) is 12.2. The minimum absolute atomic E-state index is 0.0860. The van der Waals surface area contributed by atoms with Crippen LogP contribution in [0.1, 0.15) is 60.8 Å². The Bertz CT molecular complexity index is 566. The molecule has 12 heteroatoms. The fourth-order valence-corrected chi connectivity index (χ4v) is 8.62. The second-order valence-electron chi connectivity index (χ2n) is 7.06. The van der Waals surface area contributed by atoms with E-state index in [0.29, 0.717) is 64.6 Å². The fraction of sp³-hybridized carbons (Fsp3) is 0.818. The van der Waals surface area contributed by atoms with Crippen LogP contribution in [0.4, 0.5) is 0 Å². The molecule has 0 unspecified atom stereocenters. The van der Waals surface area contributed by atoms with Gasteiger partial charge in [0.15, 0.2) is 0 Å². The number of aliphatic carboxylic acids is 1. The Balaban J connectivity index is 5.00. The maximum Gasteiger partial charge on any atom is 0.501 e. The lowest BCUT2D eigenvalue weighted by Crippen LogP contribution is -2.46. The summed E-state index contributed by atoms with van der Waals surface area (Å²) in [5.74, 6) is -1.86. The first-order chi connectivity index (χ1) is 16.3. The molecule has 0 radical (unpaired) electrons. The van der Waals surface area contributed by atoms with Crippen molar-refractivity contribution in [2.45, 2.75) is 72.9 Å². The van der Waals surface area contributed by atoms with Crippen molar-refractivity contribution < 1.29 is 46.0 Å². The summed E-state index contributed by atoms with van der Waals surface area (Å²) in [4.78, 5) is 23.9. The van der Waals surface area contributed by atoms with E-state index in [9.17, 15) is 14.7 Å². The van der Waals surface area contributed by atoms with Crippen LogP contribution in [-0.2, 0) is 40.9 Å². The molecule has 0 saturated heterocycles. The molecule has 0 aromatic carbocycles. The molecule has 0 rings (SSSR count). The second-order valence-corrected chi connectivity index (χ2v) is 12.5. The maximum atomic E-state index is 12.6. The molecule has 0 aromatic heterocycles. The zero-order chi connectivity index (χ0) is 25.9. The van der Waals surface area contributed by atoms with E-state index >= 15 is 0 Å². The maximum absolute atomic E-state index is 12.6. The standard InChI is InChI=1S/C22H44O10Si2/c1-7-27-33(28-8-2,29-9-3)17-13-15-20(19-21(23)24)22(25)26-16-14-18-34(30-10-4,31-11-5)32-12-6/h19H,7-18H2,1-6H3,(H,23,24). The van der Waals surface area contributed by atoms with E-state index < -0.39 is 29.5 Å². The fourth-order valence-electron chi connectivity index (χ4n) is 3.43. The van der Waals surface area contributed by atoms with Crippen LogP contribution in [0.5, 0.6) is 0 Å². The first kappa shape index (κ1) is 32.9. The number of ether oxygens (including phenoxy) is 1. The van der Waals surface area contributed by atoms with Gasteiger partial charge in [-0.25, -0.2) is 9.59 Å². The quantitative estimate of drug-likeness (QED) is 0.0969. The van der Waals surface area contributed by atoms with Crippen molar-refractivity contribution in [2.24, 2.45) is 0 Å². The lowest BCUT2D eigenvalue weighted by Gasteiger charge is -2.28. The average molecular weight is 525 g/mol. The highest BCUT2D eigenvalue weighted by Crippen LogP contribution is 2.22. The molecular weight excluding hydrogens is 480 g/mol. The normalized spacial score (nSPS) is 12.7. The van der Waals surface area contributed by atoms with Gasteiger partial charge in [0.05, 0.1) is 6.61 Å². The number of hydrogen-bond acceptors (Lipinski definition) is 9. The lowest BCUT2D eigenvalue weighted by molar-refractivity contribution is -0.140. The number of carboxylic acids is 1. The summed E-state index contributed by atoms with van der Waals surface area (Å²) in [6.45, 7) is 14.1. The van der Waals surface area contributed by atoms with Crippen LogP contribution in [0.15, 0.2) is 11.6 Å². The van der Waals surface area contributed by atoms with Crippen molar-refractivity contribution in [1.29, 1.82) is 0 Å². The van der Waals surface area contributed by atoms with Gasteiger partial charge in [-0.1, -0.05) is 0 Å². The molecule has 0 aliphatic heterocycles. The van der Waals surface area contributed by atoms with Crippen molar-refractivity contribution >= 4 is 29.5 Å². The summed E-state index contributed by atoms with van der Waals surface area (Å²) in [6.07, 6.45) is 2.05. The van der Waals surface area contributed by atoms with Crippen LogP contribution in [-0.4, -0.2) is 80.9 Å². The molecule has 0 spiro atoms. The van der Waals surface area contributed by atoms with Gasteiger partial charge in [-0.3, -0.25) is 0 Å². The Hall–Kier alpha value is -1.13. The van der Waals surface area contributed by atoms with Crippen molar-refractivity contribution in [3.05, 3.63) is 11.6 Å². The van der Waals surface area contributed by atoms with Gasteiger partial charge in [-0.05, 0) is 60.8 Å². The van der Waals surface area contributed by atoms with Gasteiger partial charge in [0.2, 0.25) is 0 Å². The molecule has 0 saturated carbocycles. The van der Waals surface area contributed by atoms with Gasteiger partial charge < -0.3 is 36.4 Å². The van der Waals surface area contributed by atoms with Crippen molar-refractivity contribution in [2.75, 3.05) is 46.2 Å². The minimum Gasteiger partial charge on any atom is -0.478 e. The number of carbonyl (C=O) groups is 2. The summed E-state index contributed by atoms with van der Waals surface area (Å²) in [6, 6.07) is 0.969. The number of carboxylic acid groups (broad SMARTS) is 1. The average Bonchev–Trinajstić information content (AvgIpc) is 2.77. The summed E-state index contributed by atoms with van der Waals surface area (Å²) >= 11 is 0. The molecule has 0 atom stereocenters. The first-order valence-corrected chi connectivity index (χ1v) is 16.1. The zero-order valence-electron chi connectivity index (χ0n) is 21.7. The van der Waals surface area contributed by atoms with Gasteiger partial charge in [0.25, 0.3) is 0 Å². The largest absolute Gasteiger partial charge is 0.501 e. The SMILES string of the molecule is CCO[Si](CCCOC(=O)C(=CC(=O)O)CCC[Si](OCC)(OCC)OCC)(OCC)OCC. The van der Waals surface area contributed by atoms with Gasteiger partial charge in [-0.2, -0.15) is 0 Å². The van der Waals surface area contributed by atoms with Crippen LogP contribution in [0, 0.1) is 0 Å². The molecule has 0 aliphatic rings. The molecule has 200 valence electrons. The van der Waals surface area contributed by atoms with E-state index in [1.165, 1.54) is 0 Å². The molecule has 0 bridgehead atoms. The number of carbonyl (C=O) groups excluding carboxylic acids is 1. The van der Waals surface area contributed by atoms with Crippen LogP contribution >= 0.6 is 0 Å². The lowest BCUT2D eigenvalue weighted by atomic mass is 10.1. The summed E-state index contributed by atoms with van der Waals surface area (Å²) in [7, 11) is -5.70. The third-order valence-corrected chi connectivity index (χ3v) is 10.8. The Morgan fingerprint density at radius 1 is 0.676 bits per heavy atom. The van der Waals surface area contributed by atoms with Crippen molar-refractivity contribution in [3.63, 3.8) is 0 Å². The Kier molecular flexibility index (Phi) is 18.5. The number of rotatable bonds is 22. The van der Waals surface area contributed by atoms with E-state index in [-0.39, 0.29) is 18.6 Å². The molecule has 10 nitrogen and oxygen atoms in total. The Morgan fingerprint density at radius 3 is 1.41 bits per heavy atom. The molecular formula is C22H44O10Si2. The molecule has 0 heterocycles. The van der Waals surface area contributed by atoms with E-state index in [4.69, 9.17) is 31.3 Å². The smallest absolute Gasteiger partial charge is 0.478 e. The highest BCUT2D eigenvalue weighted by atomic mass is 28.4. The summed E-state index contributed by atoms with van der Waals surface area (Å²) in [5.41, 5.74) is 0.0860. The van der Waals surface area contributed by atoms with Gasteiger partial charge in [0, 0.05) is 63.4 Å². The number of esters is 1. The Morgan fingerprint density at radius 2 is 1.06 bits per heavy atom. The van der Waals surface area contributed by atoms with Gasteiger partial charge in [-0.15, -0.1) is 0 Å². The summed E-state index contributed by atoms with van der Waals surface area (Å²) < 4.78 is 40.2. The third kappa shape index (κ3) is 13.1. The highest BCUT2D eigenvalue weighted by molar-refractivity contribution is 6.61. The third-order valence-electron chi connectivity index (χ3n) is 4.53. The van der Waals surface area contributed by atoms with E-state index in [1.54, 1.807) is 0 Å². The van der Waals surface area contributed by atoms with Crippen molar-refractivity contribution in [1.82, 2.24) is 0 Å². The van der Waals surface area contributed by atoms with E-state index in [2.05, 4.69) is 0 Å². The second kappa shape index (κ2) is 19.1. The molecule has 1 N–H and O–H groups in total. The highest BCUT2D eigenvalue weighted by Gasteiger charge is 2.40.